The molecule has 3 amide bonds. The maximum atomic E-state index is 13.0. The molecule has 156 valence electrons. The van der Waals surface area contributed by atoms with Crippen LogP contribution >= 0.6 is 0 Å². The molecule has 0 saturated carbocycles. The number of nitrogens with zero attached hydrogens (tertiary/aromatic N) is 2. The molecule has 1 fully saturated rings. The molecule has 2 heterocycles. The van der Waals surface area contributed by atoms with E-state index in [0.29, 0.717) is 24.3 Å². The quantitative estimate of drug-likeness (QED) is 0.847. The highest BCUT2D eigenvalue weighted by Gasteiger charge is 2.35. The zero-order valence-corrected chi connectivity index (χ0v) is 17.4. The van der Waals surface area contributed by atoms with Crippen LogP contribution in [0, 0.1) is 5.92 Å². The summed E-state index contributed by atoms with van der Waals surface area (Å²) in [5, 5.41) is 2.88. The lowest BCUT2D eigenvalue weighted by molar-refractivity contribution is -0.129. The van der Waals surface area contributed by atoms with Crippen molar-refractivity contribution in [2.24, 2.45) is 5.92 Å². The molecule has 0 aliphatic carbocycles. The second-order valence-corrected chi connectivity index (χ2v) is 8.30. The number of amides is 3. The summed E-state index contributed by atoms with van der Waals surface area (Å²) < 4.78 is 0. The van der Waals surface area contributed by atoms with E-state index in [2.05, 4.69) is 11.4 Å². The van der Waals surface area contributed by atoms with E-state index in [0.717, 1.165) is 18.5 Å². The van der Waals surface area contributed by atoms with E-state index in [4.69, 9.17) is 0 Å². The van der Waals surface area contributed by atoms with Crippen molar-refractivity contribution in [3.05, 3.63) is 59.7 Å². The number of hydrogen-bond donors (Lipinski definition) is 1. The van der Waals surface area contributed by atoms with Gasteiger partial charge in [-0.25, -0.2) is 0 Å². The van der Waals surface area contributed by atoms with Crippen LogP contribution in [0.25, 0.3) is 0 Å². The molecule has 0 bridgehead atoms. The van der Waals surface area contributed by atoms with E-state index < -0.39 is 0 Å². The lowest BCUT2D eigenvalue weighted by atomic mass is 10.0. The van der Waals surface area contributed by atoms with Crippen LogP contribution < -0.4 is 10.2 Å². The van der Waals surface area contributed by atoms with Gasteiger partial charge in [-0.15, -0.1) is 0 Å². The first kappa shape index (κ1) is 20.1. The molecule has 0 spiro atoms. The average molecular weight is 405 g/mol. The SMILES string of the molecule is CC(C)N1CC(C(=O)Nc2ccc(C(=O)N3CCCc4ccccc43)cc2)CC1=O. The summed E-state index contributed by atoms with van der Waals surface area (Å²) in [7, 11) is 0. The Balaban J connectivity index is 1.42. The van der Waals surface area contributed by atoms with Crippen LogP contribution in [0.15, 0.2) is 48.5 Å². The van der Waals surface area contributed by atoms with Gasteiger partial charge in [0.15, 0.2) is 0 Å². The molecular weight excluding hydrogens is 378 g/mol. The highest BCUT2D eigenvalue weighted by atomic mass is 16.2. The van der Waals surface area contributed by atoms with Crippen LogP contribution in [0.2, 0.25) is 0 Å². The minimum Gasteiger partial charge on any atom is -0.339 e. The number of benzene rings is 2. The number of likely N-dealkylation sites (tertiary alicyclic amines) is 1. The molecule has 0 aromatic heterocycles. The third-order valence-electron chi connectivity index (χ3n) is 5.91. The van der Waals surface area contributed by atoms with Crippen molar-refractivity contribution >= 4 is 29.1 Å². The molecule has 2 aromatic rings. The van der Waals surface area contributed by atoms with Gasteiger partial charge in [0.2, 0.25) is 11.8 Å². The summed E-state index contributed by atoms with van der Waals surface area (Å²) in [5.41, 5.74) is 3.40. The molecule has 2 aromatic carbocycles. The van der Waals surface area contributed by atoms with E-state index in [1.54, 1.807) is 29.2 Å². The number of aryl methyl sites for hydroxylation is 1. The Labute approximate surface area is 176 Å². The molecule has 0 radical (unpaired) electrons. The van der Waals surface area contributed by atoms with Gasteiger partial charge in [-0.2, -0.15) is 0 Å². The van der Waals surface area contributed by atoms with Gasteiger partial charge in [-0.1, -0.05) is 18.2 Å². The van der Waals surface area contributed by atoms with Gasteiger partial charge < -0.3 is 15.1 Å². The number of rotatable bonds is 4. The molecule has 1 N–H and O–H groups in total. The number of carbonyl (C=O) groups is 3. The lowest BCUT2D eigenvalue weighted by Gasteiger charge is -2.29. The molecule has 2 aliphatic rings. The van der Waals surface area contributed by atoms with Crippen LogP contribution in [0.4, 0.5) is 11.4 Å². The predicted octanol–water partition coefficient (Wildman–Crippen LogP) is 3.48. The second-order valence-electron chi connectivity index (χ2n) is 8.30. The van der Waals surface area contributed by atoms with Gasteiger partial charge in [-0.3, -0.25) is 14.4 Å². The van der Waals surface area contributed by atoms with Gasteiger partial charge in [0.25, 0.3) is 5.91 Å². The van der Waals surface area contributed by atoms with Crippen LogP contribution in [-0.4, -0.2) is 41.8 Å². The van der Waals surface area contributed by atoms with Crippen molar-refractivity contribution in [3.8, 4) is 0 Å². The molecule has 1 saturated heterocycles. The Morgan fingerprint density at radius 3 is 2.50 bits per heavy atom. The normalized spacial score (nSPS) is 18.5. The van der Waals surface area contributed by atoms with Crippen molar-refractivity contribution in [3.63, 3.8) is 0 Å². The van der Waals surface area contributed by atoms with Crippen molar-refractivity contribution in [1.29, 1.82) is 0 Å². The third kappa shape index (κ3) is 3.95. The van der Waals surface area contributed by atoms with Crippen molar-refractivity contribution in [2.75, 3.05) is 23.3 Å². The van der Waals surface area contributed by atoms with Gasteiger partial charge in [0.05, 0.1) is 5.92 Å². The van der Waals surface area contributed by atoms with E-state index in [1.807, 2.05) is 36.9 Å². The minimum atomic E-state index is -0.342. The Morgan fingerprint density at radius 1 is 1.07 bits per heavy atom. The Hall–Kier alpha value is -3.15. The van der Waals surface area contributed by atoms with E-state index in [9.17, 15) is 14.4 Å². The smallest absolute Gasteiger partial charge is 0.258 e. The Morgan fingerprint density at radius 2 is 1.80 bits per heavy atom. The molecular formula is C24H27N3O3. The highest BCUT2D eigenvalue weighted by Crippen LogP contribution is 2.28. The number of hydrogen-bond acceptors (Lipinski definition) is 3. The summed E-state index contributed by atoms with van der Waals surface area (Å²) in [5.74, 6) is -0.511. The fourth-order valence-electron chi connectivity index (χ4n) is 4.25. The Kier molecular flexibility index (Phi) is 5.57. The summed E-state index contributed by atoms with van der Waals surface area (Å²) in [4.78, 5) is 41.2. The third-order valence-corrected chi connectivity index (χ3v) is 5.91. The second kappa shape index (κ2) is 8.30. The number of anilines is 2. The monoisotopic (exact) mass is 405 g/mol. The molecule has 30 heavy (non-hydrogen) atoms. The molecule has 4 rings (SSSR count). The number of para-hydroxylation sites is 1. The van der Waals surface area contributed by atoms with E-state index in [1.165, 1.54) is 5.56 Å². The van der Waals surface area contributed by atoms with Crippen molar-refractivity contribution in [2.45, 2.75) is 39.2 Å². The fourth-order valence-corrected chi connectivity index (χ4v) is 4.25. The van der Waals surface area contributed by atoms with Crippen LogP contribution in [0.3, 0.4) is 0 Å². The molecule has 6 nitrogen and oxygen atoms in total. The van der Waals surface area contributed by atoms with Crippen LogP contribution in [0.1, 0.15) is 42.6 Å². The van der Waals surface area contributed by atoms with Crippen molar-refractivity contribution < 1.29 is 14.4 Å². The van der Waals surface area contributed by atoms with Gasteiger partial charge in [0.1, 0.15) is 0 Å². The van der Waals surface area contributed by atoms with Gasteiger partial charge in [0, 0.05) is 42.5 Å². The van der Waals surface area contributed by atoms with Crippen LogP contribution in [-0.2, 0) is 16.0 Å². The summed E-state index contributed by atoms with van der Waals surface area (Å²) in [6.07, 6.45) is 2.18. The maximum Gasteiger partial charge on any atom is 0.258 e. The zero-order chi connectivity index (χ0) is 21.3. The first-order chi connectivity index (χ1) is 14.4. The number of nitrogens with one attached hydrogen (secondary N) is 1. The summed E-state index contributed by atoms with van der Waals surface area (Å²) in [6.45, 7) is 5.06. The van der Waals surface area contributed by atoms with Crippen molar-refractivity contribution in [1.82, 2.24) is 4.90 Å². The molecule has 2 aliphatic heterocycles. The molecule has 1 atom stereocenters. The first-order valence-corrected chi connectivity index (χ1v) is 10.5. The minimum absolute atomic E-state index is 0.0212. The zero-order valence-electron chi connectivity index (χ0n) is 17.4. The maximum absolute atomic E-state index is 13.0. The topological polar surface area (TPSA) is 69.7 Å². The largest absolute Gasteiger partial charge is 0.339 e. The van der Waals surface area contributed by atoms with E-state index in [-0.39, 0.29) is 36.1 Å². The Bertz CT molecular complexity index is 968. The first-order valence-electron chi connectivity index (χ1n) is 10.5. The molecule has 1 unspecified atom stereocenters. The number of carbonyl (C=O) groups excluding carboxylic acids is 3. The highest BCUT2D eigenvalue weighted by molar-refractivity contribution is 6.07. The van der Waals surface area contributed by atoms with Gasteiger partial charge in [-0.05, 0) is 62.6 Å². The number of fused-ring (bicyclic) bond motifs is 1. The van der Waals surface area contributed by atoms with E-state index >= 15 is 0 Å². The standard InChI is InChI=1S/C24H27N3O3/c1-16(2)27-15-19(14-22(27)28)23(29)25-20-11-9-18(10-12-20)24(30)26-13-5-7-17-6-3-4-8-21(17)26/h3-4,6,8-12,16,19H,5,7,13-15H2,1-2H3,(H,25,29). The fraction of sp³-hybridized carbons (Fsp3) is 0.375. The van der Waals surface area contributed by atoms with Gasteiger partial charge >= 0.3 is 0 Å². The lowest BCUT2D eigenvalue weighted by Crippen LogP contribution is -2.35. The average Bonchev–Trinajstić information content (AvgIpc) is 3.15. The molecule has 6 heteroatoms. The summed E-state index contributed by atoms with van der Waals surface area (Å²) >= 11 is 0. The van der Waals surface area contributed by atoms with Crippen LogP contribution in [0.5, 0.6) is 0 Å². The summed E-state index contributed by atoms with van der Waals surface area (Å²) in [6, 6.07) is 15.1. The predicted molar refractivity (Wildman–Crippen MR) is 116 cm³/mol.